The summed E-state index contributed by atoms with van der Waals surface area (Å²) in [5.74, 6) is 0.574. The van der Waals surface area contributed by atoms with E-state index in [1.54, 1.807) is 53.6 Å². The SMILES string of the molecule is CNC(C)C(=O)N1CCN(C(=O)c2ccc(Nc3nccn4c(-c5ccc(OC(F)F)cc5)cnc34)cc2C)CC1. The Balaban J connectivity index is 1.28. The third kappa shape index (κ3) is 5.97. The molecule has 12 heteroatoms. The van der Waals surface area contributed by atoms with Crippen LogP contribution in [0.25, 0.3) is 16.9 Å². The zero-order valence-corrected chi connectivity index (χ0v) is 23.0. The van der Waals surface area contributed by atoms with Gasteiger partial charge >= 0.3 is 6.61 Å². The first-order valence-corrected chi connectivity index (χ1v) is 13.3. The van der Waals surface area contributed by atoms with Gasteiger partial charge in [0.2, 0.25) is 5.91 Å². The molecule has 4 aromatic rings. The van der Waals surface area contributed by atoms with Crippen LogP contribution in [-0.4, -0.2) is 81.9 Å². The van der Waals surface area contributed by atoms with E-state index in [0.717, 1.165) is 22.5 Å². The number of aryl methyl sites for hydroxylation is 1. The largest absolute Gasteiger partial charge is 0.435 e. The molecule has 2 aromatic carbocycles. The molecule has 2 aromatic heterocycles. The lowest BCUT2D eigenvalue weighted by atomic mass is 10.1. The van der Waals surface area contributed by atoms with E-state index in [1.165, 1.54) is 12.1 Å². The minimum absolute atomic E-state index is 0.0387. The van der Waals surface area contributed by atoms with Gasteiger partial charge in [0.15, 0.2) is 11.5 Å². The highest BCUT2D eigenvalue weighted by atomic mass is 19.3. The zero-order valence-electron chi connectivity index (χ0n) is 23.0. The van der Waals surface area contributed by atoms with Crippen LogP contribution in [-0.2, 0) is 4.79 Å². The maximum Gasteiger partial charge on any atom is 0.387 e. The monoisotopic (exact) mass is 563 g/mol. The Morgan fingerprint density at radius 2 is 1.71 bits per heavy atom. The summed E-state index contributed by atoms with van der Waals surface area (Å²) in [5, 5.41) is 6.26. The quantitative estimate of drug-likeness (QED) is 0.335. The van der Waals surface area contributed by atoms with E-state index in [4.69, 9.17) is 0 Å². The van der Waals surface area contributed by atoms with Crippen molar-refractivity contribution in [1.82, 2.24) is 29.5 Å². The number of alkyl halides is 2. The first-order valence-electron chi connectivity index (χ1n) is 13.3. The number of hydrogen-bond donors (Lipinski definition) is 2. The van der Waals surface area contributed by atoms with Crippen LogP contribution in [0.15, 0.2) is 61.1 Å². The molecule has 1 atom stereocenters. The first-order chi connectivity index (χ1) is 19.7. The summed E-state index contributed by atoms with van der Waals surface area (Å²) < 4.78 is 31.3. The Labute approximate surface area is 235 Å². The summed E-state index contributed by atoms with van der Waals surface area (Å²) in [5.41, 5.74) is 4.27. The molecule has 1 aliphatic rings. The Bertz CT molecular complexity index is 1550. The van der Waals surface area contributed by atoms with E-state index in [2.05, 4.69) is 25.3 Å². The predicted octanol–water partition coefficient (Wildman–Crippen LogP) is 3.94. The molecule has 0 bridgehead atoms. The van der Waals surface area contributed by atoms with Crippen molar-refractivity contribution >= 4 is 29.0 Å². The van der Waals surface area contributed by atoms with Crippen molar-refractivity contribution in [2.75, 3.05) is 38.5 Å². The molecule has 2 N–H and O–H groups in total. The highest BCUT2D eigenvalue weighted by Gasteiger charge is 2.27. The van der Waals surface area contributed by atoms with Crippen molar-refractivity contribution in [2.45, 2.75) is 26.5 Å². The molecular formula is C29H31F2N7O3. The van der Waals surface area contributed by atoms with Crippen LogP contribution in [0.3, 0.4) is 0 Å². The summed E-state index contributed by atoms with van der Waals surface area (Å²) in [6, 6.07) is 11.6. The molecule has 2 amide bonds. The van der Waals surface area contributed by atoms with Crippen LogP contribution in [0.4, 0.5) is 20.3 Å². The summed E-state index contributed by atoms with van der Waals surface area (Å²) in [7, 11) is 1.75. The number of rotatable bonds is 8. The van der Waals surface area contributed by atoms with E-state index in [0.29, 0.717) is 43.2 Å². The predicted molar refractivity (Wildman–Crippen MR) is 151 cm³/mol. The maximum absolute atomic E-state index is 13.3. The van der Waals surface area contributed by atoms with Crippen molar-refractivity contribution in [2.24, 2.45) is 0 Å². The second kappa shape index (κ2) is 11.9. The van der Waals surface area contributed by atoms with E-state index in [9.17, 15) is 18.4 Å². The number of hydrogen-bond acceptors (Lipinski definition) is 7. The second-order valence-corrected chi connectivity index (χ2v) is 9.80. The topological polar surface area (TPSA) is 104 Å². The van der Waals surface area contributed by atoms with Gasteiger partial charge < -0.3 is 25.2 Å². The van der Waals surface area contributed by atoms with Crippen molar-refractivity contribution in [3.8, 4) is 17.0 Å². The molecule has 0 radical (unpaired) electrons. The molecular weight excluding hydrogens is 532 g/mol. The fraction of sp³-hybridized carbons (Fsp3) is 0.310. The van der Waals surface area contributed by atoms with Gasteiger partial charge in [-0.3, -0.25) is 14.0 Å². The molecule has 0 saturated carbocycles. The van der Waals surface area contributed by atoms with Crippen LogP contribution in [0.5, 0.6) is 5.75 Å². The Morgan fingerprint density at radius 1 is 1.00 bits per heavy atom. The van der Waals surface area contributed by atoms with Gasteiger partial charge in [0, 0.05) is 55.4 Å². The first kappa shape index (κ1) is 28.0. The highest BCUT2D eigenvalue weighted by Crippen LogP contribution is 2.28. The smallest absolute Gasteiger partial charge is 0.387 e. The number of halogens is 2. The number of nitrogens with zero attached hydrogens (tertiary/aromatic N) is 5. The normalized spacial score (nSPS) is 14.4. The number of imidazole rings is 1. The van der Waals surface area contributed by atoms with Gasteiger partial charge in [-0.25, -0.2) is 9.97 Å². The molecule has 1 saturated heterocycles. The average molecular weight is 564 g/mol. The van der Waals surface area contributed by atoms with E-state index < -0.39 is 6.61 Å². The number of aromatic nitrogens is 3. The van der Waals surface area contributed by atoms with Crippen LogP contribution in [0.2, 0.25) is 0 Å². The molecule has 3 heterocycles. The standard InChI is InChI=1S/C29H31F2N7O3/c1-18-16-21(6-9-23(18)28(40)37-14-12-36(13-15-37)27(39)19(2)32-3)35-25-26-34-17-24(38(26)11-10-33-25)20-4-7-22(8-5-20)41-29(30)31/h4-11,16-17,19,29,32H,12-15H2,1-3H3,(H,33,35). The summed E-state index contributed by atoms with van der Waals surface area (Å²) in [6.07, 6.45) is 5.10. The van der Waals surface area contributed by atoms with Gasteiger partial charge in [-0.05, 0) is 68.9 Å². The number of nitrogens with one attached hydrogen (secondary N) is 2. The Hall–Kier alpha value is -4.58. The Kier molecular flexibility index (Phi) is 8.11. The lowest BCUT2D eigenvalue weighted by Gasteiger charge is -2.36. The average Bonchev–Trinajstić information content (AvgIpc) is 3.41. The lowest BCUT2D eigenvalue weighted by Crippen LogP contribution is -2.54. The van der Waals surface area contributed by atoms with Gasteiger partial charge in [-0.1, -0.05) is 0 Å². The highest BCUT2D eigenvalue weighted by molar-refractivity contribution is 5.96. The number of amides is 2. The second-order valence-electron chi connectivity index (χ2n) is 9.80. The van der Waals surface area contributed by atoms with Gasteiger partial charge in [0.25, 0.3) is 5.91 Å². The summed E-state index contributed by atoms with van der Waals surface area (Å²) in [6.45, 7) is 2.81. The molecule has 1 fully saturated rings. The van der Waals surface area contributed by atoms with Gasteiger partial charge in [-0.15, -0.1) is 0 Å². The minimum Gasteiger partial charge on any atom is -0.435 e. The molecule has 1 aliphatic heterocycles. The fourth-order valence-corrected chi connectivity index (χ4v) is 4.84. The van der Waals surface area contributed by atoms with Crippen LogP contribution in [0, 0.1) is 6.92 Å². The van der Waals surface area contributed by atoms with E-state index in [1.807, 2.05) is 30.4 Å². The van der Waals surface area contributed by atoms with Gasteiger partial charge in [-0.2, -0.15) is 8.78 Å². The maximum atomic E-state index is 13.3. The molecule has 1 unspecified atom stereocenters. The number of benzene rings is 2. The number of likely N-dealkylation sites (N-methyl/N-ethyl adjacent to an activating group) is 1. The van der Waals surface area contributed by atoms with Crippen molar-refractivity contribution in [3.05, 3.63) is 72.2 Å². The lowest BCUT2D eigenvalue weighted by molar-refractivity contribution is -0.134. The van der Waals surface area contributed by atoms with Crippen molar-refractivity contribution < 1.29 is 23.1 Å². The Morgan fingerprint density at radius 3 is 2.37 bits per heavy atom. The van der Waals surface area contributed by atoms with Crippen LogP contribution in [0.1, 0.15) is 22.8 Å². The molecule has 5 rings (SSSR count). The van der Waals surface area contributed by atoms with Gasteiger partial charge in [0.1, 0.15) is 5.75 Å². The van der Waals surface area contributed by atoms with Crippen molar-refractivity contribution in [3.63, 3.8) is 0 Å². The number of piperazine rings is 1. The number of fused-ring (bicyclic) bond motifs is 1. The molecule has 10 nitrogen and oxygen atoms in total. The molecule has 41 heavy (non-hydrogen) atoms. The van der Waals surface area contributed by atoms with Crippen LogP contribution < -0.4 is 15.4 Å². The van der Waals surface area contributed by atoms with E-state index in [-0.39, 0.29) is 23.6 Å². The minimum atomic E-state index is -2.88. The molecule has 214 valence electrons. The number of ether oxygens (including phenoxy) is 1. The number of carbonyl (C=O) groups excluding carboxylic acids is 2. The third-order valence-electron chi connectivity index (χ3n) is 7.20. The molecule has 0 spiro atoms. The van der Waals surface area contributed by atoms with Crippen molar-refractivity contribution in [1.29, 1.82) is 0 Å². The van der Waals surface area contributed by atoms with Gasteiger partial charge in [0.05, 0.1) is 17.9 Å². The third-order valence-corrected chi connectivity index (χ3v) is 7.20. The van der Waals surface area contributed by atoms with E-state index >= 15 is 0 Å². The summed E-state index contributed by atoms with van der Waals surface area (Å²) >= 11 is 0. The number of anilines is 2. The zero-order chi connectivity index (χ0) is 29.1. The molecule has 0 aliphatic carbocycles. The number of carbonyl (C=O) groups is 2. The summed E-state index contributed by atoms with van der Waals surface area (Å²) in [4.78, 5) is 38.2. The fourth-order valence-electron chi connectivity index (χ4n) is 4.84. The van der Waals surface area contributed by atoms with Crippen LogP contribution >= 0.6 is 0 Å².